The zero-order valence-electron chi connectivity index (χ0n) is 21.1. The molecule has 1 N–H and O–H groups in total. The summed E-state index contributed by atoms with van der Waals surface area (Å²) >= 11 is 5.73. The fourth-order valence-corrected chi connectivity index (χ4v) is 5.96. The molecule has 0 saturated carbocycles. The number of carbonyl (C=O) groups is 2. The van der Waals surface area contributed by atoms with Gasteiger partial charge in [-0.25, -0.2) is 0 Å². The first-order valence-electron chi connectivity index (χ1n) is 12.4. The molecule has 1 aromatic heterocycles. The maximum atomic E-state index is 13.5. The lowest BCUT2D eigenvalue weighted by Gasteiger charge is -2.21. The number of benzene rings is 2. The smallest absolute Gasteiger partial charge is 0.253 e. The van der Waals surface area contributed by atoms with Crippen LogP contribution in [0.25, 0.3) is 22.2 Å². The number of methoxy groups -OCH3 is 2. The van der Waals surface area contributed by atoms with Crippen LogP contribution in [0.4, 0.5) is 0 Å². The second-order valence-electron chi connectivity index (χ2n) is 10.1. The molecule has 5 rings (SSSR count). The maximum Gasteiger partial charge on any atom is 0.253 e. The monoisotopic (exact) mass is 509 g/mol. The molecule has 2 amide bonds. The van der Waals surface area contributed by atoms with Gasteiger partial charge in [-0.1, -0.05) is 13.8 Å². The SMILES string of the molecule is COc1ccc(-c2[nH]c3ccc(C(=O)N4CC5CN(C(=O)CCl)CC5C4)cc3c2C(C)C)cc1OC. The highest BCUT2D eigenvalue weighted by Gasteiger charge is 2.43. The number of rotatable bonds is 6. The number of hydrogen-bond acceptors (Lipinski definition) is 4. The Labute approximate surface area is 216 Å². The highest BCUT2D eigenvalue weighted by Crippen LogP contribution is 2.39. The van der Waals surface area contributed by atoms with Gasteiger partial charge in [-0.05, 0) is 47.9 Å². The van der Waals surface area contributed by atoms with Crippen LogP contribution in [-0.2, 0) is 4.79 Å². The highest BCUT2D eigenvalue weighted by molar-refractivity contribution is 6.27. The van der Waals surface area contributed by atoms with E-state index in [0.717, 1.165) is 22.2 Å². The zero-order chi connectivity index (χ0) is 25.6. The maximum absolute atomic E-state index is 13.5. The second kappa shape index (κ2) is 9.69. The summed E-state index contributed by atoms with van der Waals surface area (Å²) in [5.74, 6) is 2.27. The van der Waals surface area contributed by atoms with Crippen molar-refractivity contribution in [3.63, 3.8) is 0 Å². The Hall–Kier alpha value is -3.19. The fourth-order valence-electron chi connectivity index (χ4n) is 5.79. The predicted octanol–water partition coefficient (Wildman–Crippen LogP) is 4.74. The van der Waals surface area contributed by atoms with Crippen molar-refractivity contribution >= 4 is 34.3 Å². The van der Waals surface area contributed by atoms with Crippen LogP contribution < -0.4 is 9.47 Å². The number of aromatic nitrogens is 1. The quantitative estimate of drug-likeness (QED) is 0.487. The molecular formula is C28H32ClN3O4. The average Bonchev–Trinajstić information content (AvgIpc) is 3.58. The number of nitrogens with one attached hydrogen (secondary N) is 1. The van der Waals surface area contributed by atoms with Gasteiger partial charge in [0.2, 0.25) is 5.91 Å². The predicted molar refractivity (Wildman–Crippen MR) is 141 cm³/mol. The van der Waals surface area contributed by atoms with Gasteiger partial charge in [0.1, 0.15) is 5.88 Å². The summed E-state index contributed by atoms with van der Waals surface area (Å²) in [7, 11) is 3.26. The first-order valence-corrected chi connectivity index (χ1v) is 12.9. The molecule has 0 bridgehead atoms. The van der Waals surface area contributed by atoms with E-state index < -0.39 is 0 Å². The first kappa shape index (κ1) is 24.5. The van der Waals surface area contributed by atoms with E-state index in [9.17, 15) is 9.59 Å². The van der Waals surface area contributed by atoms with Crippen LogP contribution in [0.3, 0.4) is 0 Å². The lowest BCUT2D eigenvalue weighted by atomic mass is 9.95. The molecule has 2 saturated heterocycles. The molecule has 0 spiro atoms. The van der Waals surface area contributed by atoms with Crippen LogP contribution in [0.2, 0.25) is 0 Å². The van der Waals surface area contributed by atoms with E-state index in [4.69, 9.17) is 21.1 Å². The number of hydrogen-bond donors (Lipinski definition) is 1. The Morgan fingerprint density at radius 1 is 0.972 bits per heavy atom. The molecule has 2 aliphatic heterocycles. The van der Waals surface area contributed by atoms with Crippen LogP contribution in [0.5, 0.6) is 11.5 Å². The standard InChI is InChI=1S/C28H32ClN3O4/c1-16(2)26-21-9-18(28(34)32-14-19-12-31(25(33)11-29)13-20(19)15-32)5-7-22(21)30-27(26)17-6-8-23(35-3)24(10-17)36-4/h5-10,16,19-20,30H,11-15H2,1-4H3. The minimum Gasteiger partial charge on any atom is -0.493 e. The van der Waals surface area contributed by atoms with Crippen molar-refractivity contribution in [2.24, 2.45) is 11.8 Å². The number of nitrogens with zero attached hydrogens (tertiary/aromatic N) is 2. The van der Waals surface area contributed by atoms with E-state index in [1.54, 1.807) is 14.2 Å². The van der Waals surface area contributed by atoms with E-state index in [-0.39, 0.29) is 23.6 Å². The number of aromatic amines is 1. The Morgan fingerprint density at radius 3 is 2.25 bits per heavy atom. The first-order chi connectivity index (χ1) is 17.3. The molecule has 2 unspecified atom stereocenters. The number of amides is 2. The van der Waals surface area contributed by atoms with E-state index in [2.05, 4.69) is 18.8 Å². The number of carbonyl (C=O) groups excluding carboxylic acids is 2. The number of likely N-dealkylation sites (tertiary alicyclic amines) is 2. The van der Waals surface area contributed by atoms with Crippen LogP contribution in [0, 0.1) is 11.8 Å². The largest absolute Gasteiger partial charge is 0.493 e. The van der Waals surface area contributed by atoms with Gasteiger partial charge >= 0.3 is 0 Å². The van der Waals surface area contributed by atoms with E-state index in [1.807, 2.05) is 46.2 Å². The van der Waals surface area contributed by atoms with Crippen LogP contribution in [0.1, 0.15) is 35.7 Å². The van der Waals surface area contributed by atoms with Crippen LogP contribution >= 0.6 is 11.6 Å². The topological polar surface area (TPSA) is 74.9 Å². The van der Waals surface area contributed by atoms with Crippen molar-refractivity contribution in [3.8, 4) is 22.8 Å². The Morgan fingerprint density at radius 2 is 1.64 bits per heavy atom. The Balaban J connectivity index is 1.44. The number of H-pyrrole nitrogens is 1. The second-order valence-corrected chi connectivity index (χ2v) is 10.3. The summed E-state index contributed by atoms with van der Waals surface area (Å²) < 4.78 is 10.9. The molecule has 2 aromatic carbocycles. The van der Waals surface area contributed by atoms with Crippen molar-refractivity contribution in [2.45, 2.75) is 19.8 Å². The molecule has 7 nitrogen and oxygen atoms in total. The molecule has 2 atom stereocenters. The third kappa shape index (κ3) is 4.19. The van der Waals surface area contributed by atoms with Crippen molar-refractivity contribution in [1.82, 2.24) is 14.8 Å². The van der Waals surface area contributed by atoms with Gasteiger partial charge in [0, 0.05) is 60.0 Å². The number of halogens is 1. The average molecular weight is 510 g/mol. The molecule has 2 aliphatic rings. The van der Waals surface area contributed by atoms with Crippen molar-refractivity contribution < 1.29 is 19.1 Å². The number of fused-ring (bicyclic) bond motifs is 2. The molecule has 8 heteroatoms. The molecule has 0 aliphatic carbocycles. The summed E-state index contributed by atoms with van der Waals surface area (Å²) in [4.78, 5) is 32.8. The minimum absolute atomic E-state index is 0.0161. The van der Waals surface area contributed by atoms with Gasteiger partial charge in [0.25, 0.3) is 5.91 Å². The van der Waals surface area contributed by atoms with Crippen LogP contribution in [-0.4, -0.2) is 72.9 Å². The van der Waals surface area contributed by atoms with E-state index in [1.165, 1.54) is 5.56 Å². The highest BCUT2D eigenvalue weighted by atomic mass is 35.5. The summed E-state index contributed by atoms with van der Waals surface area (Å²) in [6.07, 6.45) is 0. The lowest BCUT2D eigenvalue weighted by molar-refractivity contribution is -0.127. The number of ether oxygens (including phenoxy) is 2. The van der Waals surface area contributed by atoms with Gasteiger partial charge in [0.05, 0.1) is 19.9 Å². The molecule has 0 radical (unpaired) electrons. The molecule has 2 fully saturated rings. The summed E-state index contributed by atoms with van der Waals surface area (Å²) in [5.41, 5.74) is 4.87. The van der Waals surface area contributed by atoms with Gasteiger partial charge in [0.15, 0.2) is 11.5 Å². The summed E-state index contributed by atoms with van der Waals surface area (Å²) in [6, 6.07) is 11.8. The minimum atomic E-state index is -0.0200. The third-order valence-electron chi connectivity index (χ3n) is 7.58. The normalized spacial score (nSPS) is 19.3. The Kier molecular flexibility index (Phi) is 6.60. The zero-order valence-corrected chi connectivity index (χ0v) is 21.9. The van der Waals surface area contributed by atoms with Crippen molar-refractivity contribution in [2.75, 3.05) is 46.3 Å². The molecule has 3 aromatic rings. The summed E-state index contributed by atoms with van der Waals surface area (Å²) in [6.45, 7) is 7.04. The Bertz CT molecular complexity index is 1300. The fraction of sp³-hybridized carbons (Fsp3) is 0.429. The van der Waals surface area contributed by atoms with Gasteiger partial charge < -0.3 is 24.3 Å². The van der Waals surface area contributed by atoms with E-state index >= 15 is 0 Å². The van der Waals surface area contributed by atoms with Crippen molar-refractivity contribution in [1.29, 1.82) is 0 Å². The van der Waals surface area contributed by atoms with E-state index in [0.29, 0.717) is 55.1 Å². The lowest BCUT2D eigenvalue weighted by Crippen LogP contribution is -2.36. The van der Waals surface area contributed by atoms with Crippen LogP contribution in [0.15, 0.2) is 36.4 Å². The molecular weight excluding hydrogens is 478 g/mol. The van der Waals surface area contributed by atoms with Crippen molar-refractivity contribution in [3.05, 3.63) is 47.5 Å². The van der Waals surface area contributed by atoms with Gasteiger partial charge in [-0.15, -0.1) is 11.6 Å². The third-order valence-corrected chi connectivity index (χ3v) is 7.80. The molecule has 190 valence electrons. The van der Waals surface area contributed by atoms with Gasteiger partial charge in [-0.2, -0.15) is 0 Å². The molecule has 3 heterocycles. The summed E-state index contributed by atoms with van der Waals surface area (Å²) in [5, 5.41) is 1.05. The molecule has 36 heavy (non-hydrogen) atoms. The van der Waals surface area contributed by atoms with Gasteiger partial charge in [-0.3, -0.25) is 9.59 Å². The number of alkyl halides is 1.